The van der Waals surface area contributed by atoms with Gasteiger partial charge in [-0.25, -0.2) is 4.79 Å². The minimum Gasteiger partial charge on any atom is -0.376 e. The molecular weight excluding hydrogens is 348 g/mol. The van der Waals surface area contributed by atoms with Gasteiger partial charge in [0.25, 0.3) is 5.91 Å². The maximum Gasteiger partial charge on any atom is 0.315 e. The van der Waals surface area contributed by atoms with Crippen LogP contribution >= 0.6 is 0 Å². The number of carbonyl (C=O) groups is 2. The van der Waals surface area contributed by atoms with Crippen molar-refractivity contribution in [3.63, 3.8) is 0 Å². The molecule has 0 spiro atoms. The van der Waals surface area contributed by atoms with Crippen LogP contribution in [0.25, 0.3) is 0 Å². The Labute approximate surface area is 155 Å². The minimum atomic E-state index is -0.545. The van der Waals surface area contributed by atoms with E-state index in [4.69, 9.17) is 10.5 Å². The highest BCUT2D eigenvalue weighted by atomic mass is 16.5. The van der Waals surface area contributed by atoms with Crippen LogP contribution < -0.4 is 11.1 Å². The van der Waals surface area contributed by atoms with Gasteiger partial charge in [-0.1, -0.05) is 0 Å². The molecule has 1 fully saturated rings. The summed E-state index contributed by atoms with van der Waals surface area (Å²) in [6, 6.07) is 4.16. The fraction of sp³-hybridized carbons (Fsp3) is 0.389. The quantitative estimate of drug-likeness (QED) is 0.821. The van der Waals surface area contributed by atoms with Gasteiger partial charge in [-0.3, -0.25) is 9.78 Å². The lowest BCUT2D eigenvalue weighted by atomic mass is 10.0. The summed E-state index contributed by atoms with van der Waals surface area (Å²) in [5.74, 6) is -0.299. The van der Waals surface area contributed by atoms with Crippen LogP contribution in [0.4, 0.5) is 4.79 Å². The number of primary amides is 1. The van der Waals surface area contributed by atoms with Gasteiger partial charge in [-0.2, -0.15) is 5.10 Å². The van der Waals surface area contributed by atoms with E-state index in [0.717, 1.165) is 30.6 Å². The fourth-order valence-electron chi connectivity index (χ4n) is 3.52. The zero-order valence-corrected chi connectivity index (χ0v) is 14.7. The summed E-state index contributed by atoms with van der Waals surface area (Å²) >= 11 is 0. The number of hydrogen-bond donors (Lipinski definition) is 2. The topological polar surface area (TPSA) is 123 Å². The van der Waals surface area contributed by atoms with Crippen LogP contribution in [0, 0.1) is 0 Å². The third-order valence-electron chi connectivity index (χ3n) is 4.88. The van der Waals surface area contributed by atoms with Crippen molar-refractivity contribution in [1.29, 1.82) is 0 Å². The second-order valence-electron chi connectivity index (χ2n) is 6.63. The molecule has 2 aromatic rings. The predicted octanol–water partition coefficient (Wildman–Crippen LogP) is 0.764. The molecule has 4 rings (SSSR count). The summed E-state index contributed by atoms with van der Waals surface area (Å²) in [6.07, 6.45) is 5.41. The number of amides is 3. The Morgan fingerprint density at radius 1 is 1.30 bits per heavy atom. The molecule has 4 heterocycles. The first-order chi connectivity index (χ1) is 13.1. The van der Waals surface area contributed by atoms with E-state index in [2.05, 4.69) is 20.5 Å². The third kappa shape index (κ3) is 3.45. The summed E-state index contributed by atoms with van der Waals surface area (Å²) in [5.41, 5.74) is 8.12. The lowest BCUT2D eigenvalue weighted by Crippen LogP contribution is -2.35. The Morgan fingerprint density at radius 3 is 2.89 bits per heavy atom. The molecule has 0 bridgehead atoms. The lowest BCUT2D eigenvalue weighted by molar-refractivity contribution is 0.0852. The molecule has 27 heavy (non-hydrogen) atoms. The number of nitrogens with one attached hydrogen (secondary N) is 1. The van der Waals surface area contributed by atoms with Crippen molar-refractivity contribution in [2.75, 3.05) is 13.2 Å². The fourth-order valence-corrected chi connectivity index (χ4v) is 3.52. The molecule has 2 aliphatic heterocycles. The second-order valence-corrected chi connectivity index (χ2v) is 6.63. The first-order valence-corrected chi connectivity index (χ1v) is 8.86. The minimum absolute atomic E-state index is 0.0638. The van der Waals surface area contributed by atoms with Crippen molar-refractivity contribution in [3.8, 4) is 0 Å². The largest absolute Gasteiger partial charge is 0.376 e. The molecule has 0 radical (unpaired) electrons. The molecule has 9 heteroatoms. The summed E-state index contributed by atoms with van der Waals surface area (Å²) < 4.78 is 5.49. The molecule has 0 aliphatic carbocycles. The summed E-state index contributed by atoms with van der Waals surface area (Å²) in [4.78, 5) is 29.7. The Balaban J connectivity index is 1.50. The smallest absolute Gasteiger partial charge is 0.315 e. The molecule has 2 aromatic heterocycles. The van der Waals surface area contributed by atoms with E-state index < -0.39 is 12.1 Å². The average Bonchev–Trinajstić information content (AvgIpc) is 3.34. The Kier molecular flexibility index (Phi) is 4.68. The van der Waals surface area contributed by atoms with Gasteiger partial charge in [0.1, 0.15) is 6.04 Å². The zero-order chi connectivity index (χ0) is 18.8. The number of fused-ring (bicyclic) bond motifs is 1. The van der Waals surface area contributed by atoms with E-state index in [1.165, 1.54) is 4.90 Å². The SMILES string of the molecule is NC(=O)N1Cc2cnccc2C1c1ccc(C(=O)NC[C@@H]2CCCO2)nn1. The number of urea groups is 1. The standard InChI is InChI=1S/C18H20N6O3/c19-18(26)24-10-11-8-20-6-5-13(11)16(24)14-3-4-15(23-22-14)17(25)21-9-12-2-1-7-27-12/h3-6,8,12,16H,1-2,7,9-10H2,(H2,19,26)(H,21,25)/t12-,16?/m0/s1. The van der Waals surface area contributed by atoms with Crippen molar-refractivity contribution in [2.24, 2.45) is 5.73 Å². The molecule has 3 N–H and O–H groups in total. The zero-order valence-electron chi connectivity index (χ0n) is 14.7. The molecule has 140 valence electrons. The number of nitrogens with two attached hydrogens (primary N) is 1. The van der Waals surface area contributed by atoms with E-state index in [1.807, 2.05) is 6.07 Å². The Bertz CT molecular complexity index is 850. The van der Waals surface area contributed by atoms with Crippen LogP contribution in [0.2, 0.25) is 0 Å². The summed E-state index contributed by atoms with van der Waals surface area (Å²) in [6.45, 7) is 1.57. The monoisotopic (exact) mass is 368 g/mol. The van der Waals surface area contributed by atoms with Crippen LogP contribution in [0.5, 0.6) is 0 Å². The van der Waals surface area contributed by atoms with Gasteiger partial charge in [0.15, 0.2) is 5.69 Å². The summed E-state index contributed by atoms with van der Waals surface area (Å²) in [7, 11) is 0. The van der Waals surface area contributed by atoms with Gasteiger partial charge in [-0.05, 0) is 42.2 Å². The molecule has 2 atom stereocenters. The van der Waals surface area contributed by atoms with Gasteiger partial charge in [0.2, 0.25) is 0 Å². The summed E-state index contributed by atoms with van der Waals surface area (Å²) in [5, 5.41) is 11.0. The van der Waals surface area contributed by atoms with Crippen molar-refractivity contribution in [3.05, 3.63) is 53.1 Å². The molecule has 0 aromatic carbocycles. The average molecular weight is 368 g/mol. The van der Waals surface area contributed by atoms with Gasteiger partial charge < -0.3 is 20.7 Å². The number of rotatable bonds is 4. The van der Waals surface area contributed by atoms with E-state index in [0.29, 0.717) is 18.8 Å². The lowest BCUT2D eigenvalue weighted by Gasteiger charge is -2.22. The van der Waals surface area contributed by atoms with Crippen molar-refractivity contribution < 1.29 is 14.3 Å². The van der Waals surface area contributed by atoms with E-state index in [9.17, 15) is 9.59 Å². The van der Waals surface area contributed by atoms with Crippen LogP contribution in [0.1, 0.15) is 46.2 Å². The van der Waals surface area contributed by atoms with Crippen molar-refractivity contribution in [1.82, 2.24) is 25.4 Å². The molecular formula is C18H20N6O3. The maximum absolute atomic E-state index is 12.2. The highest BCUT2D eigenvalue weighted by Crippen LogP contribution is 2.36. The van der Waals surface area contributed by atoms with E-state index >= 15 is 0 Å². The molecule has 0 saturated carbocycles. The van der Waals surface area contributed by atoms with Gasteiger partial charge >= 0.3 is 6.03 Å². The van der Waals surface area contributed by atoms with Crippen LogP contribution in [-0.2, 0) is 11.3 Å². The maximum atomic E-state index is 12.2. The van der Waals surface area contributed by atoms with Crippen molar-refractivity contribution in [2.45, 2.75) is 31.5 Å². The number of nitrogens with zero attached hydrogens (tertiary/aromatic N) is 4. The van der Waals surface area contributed by atoms with Gasteiger partial charge in [0, 0.05) is 25.5 Å². The van der Waals surface area contributed by atoms with Crippen molar-refractivity contribution >= 4 is 11.9 Å². The molecule has 1 saturated heterocycles. The van der Waals surface area contributed by atoms with Gasteiger partial charge in [0.05, 0.1) is 18.3 Å². The first kappa shape index (κ1) is 17.3. The third-order valence-corrected chi connectivity index (χ3v) is 4.88. The number of carbonyl (C=O) groups excluding carboxylic acids is 2. The highest BCUT2D eigenvalue weighted by molar-refractivity contribution is 5.92. The Morgan fingerprint density at radius 2 is 2.19 bits per heavy atom. The predicted molar refractivity (Wildman–Crippen MR) is 94.5 cm³/mol. The van der Waals surface area contributed by atoms with Crippen LogP contribution in [0.3, 0.4) is 0 Å². The molecule has 9 nitrogen and oxygen atoms in total. The van der Waals surface area contributed by atoms with Crippen LogP contribution in [-0.4, -0.2) is 51.3 Å². The molecule has 1 unspecified atom stereocenters. The number of pyridine rings is 1. The first-order valence-electron chi connectivity index (χ1n) is 8.86. The van der Waals surface area contributed by atoms with E-state index in [-0.39, 0.29) is 17.7 Å². The normalized spacial score (nSPS) is 21.1. The van der Waals surface area contributed by atoms with E-state index in [1.54, 1.807) is 24.5 Å². The number of aromatic nitrogens is 3. The molecule has 3 amide bonds. The van der Waals surface area contributed by atoms with Gasteiger partial charge in [-0.15, -0.1) is 5.10 Å². The Hall–Kier alpha value is -3.07. The number of hydrogen-bond acceptors (Lipinski definition) is 6. The van der Waals surface area contributed by atoms with Crippen LogP contribution in [0.15, 0.2) is 30.6 Å². The second kappa shape index (κ2) is 7.28. The number of ether oxygens (including phenoxy) is 1. The molecule has 2 aliphatic rings. The highest BCUT2D eigenvalue weighted by Gasteiger charge is 2.35.